The molecule has 0 aliphatic rings. The number of para-hydroxylation sites is 1. The summed E-state index contributed by atoms with van der Waals surface area (Å²) in [6.07, 6.45) is 1.38. The van der Waals surface area contributed by atoms with Crippen molar-refractivity contribution < 1.29 is 17.4 Å². The lowest BCUT2D eigenvalue weighted by atomic mass is 10.3. The molecule has 0 amide bonds. The van der Waals surface area contributed by atoms with Gasteiger partial charge < -0.3 is 4.42 Å². The van der Waals surface area contributed by atoms with Crippen LogP contribution in [0.15, 0.2) is 57.0 Å². The molecule has 88 valence electrons. The maximum Gasteiger partial charge on any atom is 0.328 e. The van der Waals surface area contributed by atoms with E-state index in [1.165, 1.54) is 18.3 Å². The summed E-state index contributed by atoms with van der Waals surface area (Å²) in [7, 11) is -4.29. The molecule has 0 saturated carbocycles. The molecule has 5 nitrogen and oxygen atoms in total. The summed E-state index contributed by atoms with van der Waals surface area (Å²) in [5, 5.41) is -0.494. The van der Waals surface area contributed by atoms with Gasteiger partial charge in [0.25, 0.3) is 0 Å². The lowest BCUT2D eigenvalue weighted by Gasteiger charge is -1.90. The van der Waals surface area contributed by atoms with E-state index >= 15 is 0 Å². The fraction of sp³-hybridized carbons (Fsp3) is 0. The third kappa shape index (κ3) is 3.02. The molecule has 2 aromatic rings. The van der Waals surface area contributed by atoms with Crippen molar-refractivity contribution in [1.29, 1.82) is 0 Å². The van der Waals surface area contributed by atoms with Crippen LogP contribution in [0.4, 0.5) is 5.69 Å². The largest absolute Gasteiger partial charge is 0.441 e. The van der Waals surface area contributed by atoms with E-state index in [-0.39, 0.29) is 5.76 Å². The van der Waals surface area contributed by atoms with Crippen molar-refractivity contribution in [3.05, 3.63) is 48.2 Å². The highest BCUT2D eigenvalue weighted by Gasteiger charge is 2.13. The highest BCUT2D eigenvalue weighted by Crippen LogP contribution is 2.14. The van der Waals surface area contributed by atoms with E-state index in [0.717, 1.165) is 5.69 Å². The van der Waals surface area contributed by atoms with Crippen LogP contribution in [0, 0.1) is 0 Å². The van der Waals surface area contributed by atoms with Crippen molar-refractivity contribution >= 4 is 22.0 Å². The maximum atomic E-state index is 10.7. The van der Waals surface area contributed by atoms with Gasteiger partial charge in [-0.1, -0.05) is 18.2 Å². The van der Waals surface area contributed by atoms with Gasteiger partial charge in [0.05, 0.1) is 11.9 Å². The number of benzene rings is 1. The molecule has 0 aliphatic carbocycles. The van der Waals surface area contributed by atoms with E-state index in [2.05, 4.69) is 4.99 Å². The Bertz CT molecular complexity index is 629. The Morgan fingerprint density at radius 3 is 2.41 bits per heavy atom. The SMILES string of the molecule is O=S(=O)(O)c1ccc(C=Nc2ccccc2)o1. The van der Waals surface area contributed by atoms with Gasteiger partial charge in [0, 0.05) is 0 Å². The van der Waals surface area contributed by atoms with Crippen molar-refractivity contribution in [2.45, 2.75) is 5.09 Å². The Morgan fingerprint density at radius 2 is 1.82 bits per heavy atom. The topological polar surface area (TPSA) is 79.9 Å². The van der Waals surface area contributed by atoms with Crippen LogP contribution in [-0.4, -0.2) is 19.2 Å². The highest BCUT2D eigenvalue weighted by atomic mass is 32.2. The number of nitrogens with zero attached hydrogens (tertiary/aromatic N) is 1. The Morgan fingerprint density at radius 1 is 1.12 bits per heavy atom. The molecule has 1 heterocycles. The van der Waals surface area contributed by atoms with Gasteiger partial charge in [0.15, 0.2) is 0 Å². The van der Waals surface area contributed by atoms with Crippen LogP contribution in [0.3, 0.4) is 0 Å². The number of hydrogen-bond acceptors (Lipinski definition) is 4. The first-order valence-electron chi connectivity index (χ1n) is 4.72. The lowest BCUT2D eigenvalue weighted by molar-refractivity contribution is 0.404. The summed E-state index contributed by atoms with van der Waals surface area (Å²) in [5.74, 6) is 0.251. The van der Waals surface area contributed by atoms with Gasteiger partial charge in [-0.15, -0.1) is 0 Å². The summed E-state index contributed by atoms with van der Waals surface area (Å²) in [6, 6.07) is 11.7. The van der Waals surface area contributed by atoms with Crippen LogP contribution in [-0.2, 0) is 10.1 Å². The first kappa shape index (κ1) is 11.6. The third-order valence-electron chi connectivity index (χ3n) is 1.95. The fourth-order valence-corrected chi connectivity index (χ4v) is 1.64. The minimum Gasteiger partial charge on any atom is -0.441 e. The lowest BCUT2D eigenvalue weighted by Crippen LogP contribution is -1.94. The van der Waals surface area contributed by atoms with E-state index < -0.39 is 15.2 Å². The predicted octanol–water partition coefficient (Wildman–Crippen LogP) is 2.28. The number of rotatable bonds is 3. The van der Waals surface area contributed by atoms with Crippen molar-refractivity contribution in [2.24, 2.45) is 4.99 Å². The standard InChI is InChI=1S/C11H9NO4S/c13-17(14,15)11-7-6-10(16-11)8-12-9-4-2-1-3-5-9/h1-8H,(H,13,14,15). The Balaban J connectivity index is 2.21. The predicted molar refractivity (Wildman–Crippen MR) is 62.2 cm³/mol. The van der Waals surface area contributed by atoms with Crippen molar-refractivity contribution in [3.8, 4) is 0 Å². The molecule has 0 atom stereocenters. The molecule has 6 heteroatoms. The summed E-state index contributed by atoms with van der Waals surface area (Å²) in [5.41, 5.74) is 0.720. The Kier molecular flexibility index (Phi) is 3.08. The summed E-state index contributed by atoms with van der Waals surface area (Å²) >= 11 is 0. The molecule has 0 unspecified atom stereocenters. The van der Waals surface area contributed by atoms with Crippen LogP contribution in [0.2, 0.25) is 0 Å². The molecular weight excluding hydrogens is 242 g/mol. The molecule has 0 saturated heterocycles. The molecule has 0 radical (unpaired) electrons. The van der Waals surface area contributed by atoms with Crippen LogP contribution >= 0.6 is 0 Å². The number of furan rings is 1. The van der Waals surface area contributed by atoms with Crippen molar-refractivity contribution in [3.63, 3.8) is 0 Å². The van der Waals surface area contributed by atoms with Gasteiger partial charge in [-0.05, 0) is 24.3 Å². The first-order chi connectivity index (χ1) is 8.05. The zero-order chi connectivity index (χ0) is 12.3. The molecule has 0 bridgehead atoms. The average Bonchev–Trinajstić information content (AvgIpc) is 2.76. The average molecular weight is 251 g/mol. The molecule has 2 rings (SSSR count). The van der Waals surface area contributed by atoms with Crippen LogP contribution < -0.4 is 0 Å². The van der Waals surface area contributed by atoms with Crippen LogP contribution in [0.5, 0.6) is 0 Å². The molecule has 1 aromatic carbocycles. The molecular formula is C11H9NO4S. The summed E-state index contributed by atoms with van der Waals surface area (Å²) in [4.78, 5) is 4.08. The number of aliphatic imine (C=N–C) groups is 1. The molecule has 0 aliphatic heterocycles. The smallest absolute Gasteiger partial charge is 0.328 e. The fourth-order valence-electron chi connectivity index (χ4n) is 1.19. The number of hydrogen-bond donors (Lipinski definition) is 1. The second kappa shape index (κ2) is 4.52. The molecule has 17 heavy (non-hydrogen) atoms. The second-order valence-electron chi connectivity index (χ2n) is 3.23. The van der Waals surface area contributed by atoms with E-state index in [1.54, 1.807) is 12.1 Å². The maximum absolute atomic E-state index is 10.7. The molecule has 0 spiro atoms. The monoisotopic (exact) mass is 251 g/mol. The van der Waals surface area contributed by atoms with Gasteiger partial charge in [-0.3, -0.25) is 9.55 Å². The van der Waals surface area contributed by atoms with E-state index in [1.807, 2.05) is 18.2 Å². The van der Waals surface area contributed by atoms with Crippen LogP contribution in [0.1, 0.15) is 5.76 Å². The first-order valence-corrected chi connectivity index (χ1v) is 6.16. The van der Waals surface area contributed by atoms with Gasteiger partial charge in [-0.25, -0.2) is 0 Å². The normalized spacial score (nSPS) is 12.1. The Hall–Kier alpha value is -1.92. The molecule has 1 N–H and O–H groups in total. The third-order valence-corrected chi connectivity index (χ3v) is 2.68. The second-order valence-corrected chi connectivity index (χ2v) is 4.58. The van der Waals surface area contributed by atoms with Gasteiger partial charge in [0.2, 0.25) is 5.09 Å². The van der Waals surface area contributed by atoms with Gasteiger partial charge in [0.1, 0.15) is 5.76 Å². The minimum atomic E-state index is -4.29. The van der Waals surface area contributed by atoms with Gasteiger partial charge >= 0.3 is 10.1 Å². The Labute approximate surface area is 98.2 Å². The quantitative estimate of drug-likeness (QED) is 0.670. The van der Waals surface area contributed by atoms with E-state index in [9.17, 15) is 8.42 Å². The minimum absolute atomic E-state index is 0.251. The summed E-state index contributed by atoms with van der Waals surface area (Å²) < 4.78 is 35.1. The van der Waals surface area contributed by atoms with Crippen molar-refractivity contribution in [1.82, 2.24) is 0 Å². The zero-order valence-corrected chi connectivity index (χ0v) is 9.46. The van der Waals surface area contributed by atoms with E-state index in [4.69, 9.17) is 8.97 Å². The van der Waals surface area contributed by atoms with Crippen molar-refractivity contribution in [2.75, 3.05) is 0 Å². The van der Waals surface area contributed by atoms with Gasteiger partial charge in [-0.2, -0.15) is 8.42 Å². The zero-order valence-electron chi connectivity index (χ0n) is 8.65. The highest BCUT2D eigenvalue weighted by molar-refractivity contribution is 7.85. The van der Waals surface area contributed by atoms with Crippen LogP contribution in [0.25, 0.3) is 0 Å². The van der Waals surface area contributed by atoms with E-state index in [0.29, 0.717) is 0 Å². The molecule has 1 aromatic heterocycles. The molecule has 0 fully saturated rings. The summed E-state index contributed by atoms with van der Waals surface area (Å²) in [6.45, 7) is 0.